The molecule has 5 nitrogen and oxygen atoms in total. The van der Waals surface area contributed by atoms with Gasteiger partial charge in [-0.15, -0.1) is 0 Å². The van der Waals surface area contributed by atoms with Crippen molar-refractivity contribution in [2.24, 2.45) is 0 Å². The number of hydrogen-bond donors (Lipinski definition) is 1. The summed E-state index contributed by atoms with van der Waals surface area (Å²) in [4.78, 5) is 4.28. The zero-order valence-electron chi connectivity index (χ0n) is 13.4. The summed E-state index contributed by atoms with van der Waals surface area (Å²) < 4.78 is 7.16. The van der Waals surface area contributed by atoms with Crippen LogP contribution in [0, 0.1) is 11.8 Å². The Kier molecular flexibility index (Phi) is 4.59. The lowest BCUT2D eigenvalue weighted by atomic mass is 10.1. The Morgan fingerprint density at radius 1 is 1.29 bits per heavy atom. The van der Waals surface area contributed by atoms with Crippen LogP contribution in [0.4, 0.5) is 0 Å². The average molecular weight is 319 g/mol. The van der Waals surface area contributed by atoms with Crippen molar-refractivity contribution >= 4 is 5.70 Å². The number of benzene rings is 1. The van der Waals surface area contributed by atoms with Gasteiger partial charge in [0.25, 0.3) is 0 Å². The third kappa shape index (κ3) is 3.29. The molecule has 0 unspecified atom stereocenters. The van der Waals surface area contributed by atoms with Crippen LogP contribution in [0.2, 0.25) is 0 Å². The van der Waals surface area contributed by atoms with Crippen LogP contribution in [-0.4, -0.2) is 19.8 Å². The number of hydrogen-bond acceptors (Lipinski definition) is 4. The Balaban J connectivity index is 1.78. The summed E-state index contributed by atoms with van der Waals surface area (Å²) in [5.74, 6) is 7.33. The molecule has 2 aromatic heterocycles. The quantitative estimate of drug-likeness (QED) is 0.751. The predicted octanol–water partition coefficient (Wildman–Crippen LogP) is 2.84. The molecule has 0 saturated heterocycles. The van der Waals surface area contributed by atoms with Crippen molar-refractivity contribution in [1.29, 1.82) is 0 Å². The second-order valence-corrected chi connectivity index (χ2v) is 5.20. The minimum Gasteiger partial charge on any atom is -0.392 e. The lowest BCUT2D eigenvalue weighted by Gasteiger charge is -2.05. The highest BCUT2D eigenvalue weighted by Crippen LogP contribution is 2.17. The van der Waals surface area contributed by atoms with E-state index < -0.39 is 0 Å². The van der Waals surface area contributed by atoms with E-state index in [0.29, 0.717) is 17.2 Å². The maximum atomic E-state index is 9.03. The summed E-state index contributed by atoms with van der Waals surface area (Å²) in [5.41, 5.74) is 3.02. The van der Waals surface area contributed by atoms with Crippen LogP contribution in [-0.2, 0) is 13.0 Å². The molecule has 0 aliphatic heterocycles. The van der Waals surface area contributed by atoms with Crippen molar-refractivity contribution < 1.29 is 9.63 Å². The molecule has 1 aromatic carbocycles. The van der Waals surface area contributed by atoms with Crippen LogP contribution in [0.3, 0.4) is 0 Å². The molecule has 24 heavy (non-hydrogen) atoms. The van der Waals surface area contributed by atoms with Crippen molar-refractivity contribution in [3.63, 3.8) is 0 Å². The van der Waals surface area contributed by atoms with Gasteiger partial charge in [0.15, 0.2) is 0 Å². The van der Waals surface area contributed by atoms with Gasteiger partial charge >= 0.3 is 0 Å². The molecule has 5 heteroatoms. The van der Waals surface area contributed by atoms with Gasteiger partial charge in [-0.2, -0.15) is 0 Å². The van der Waals surface area contributed by atoms with E-state index in [1.165, 1.54) is 0 Å². The first-order chi connectivity index (χ1) is 11.7. The van der Waals surface area contributed by atoms with Crippen LogP contribution >= 0.6 is 0 Å². The fourth-order valence-electron chi connectivity index (χ4n) is 2.26. The lowest BCUT2D eigenvalue weighted by molar-refractivity contribution is 0.282. The Bertz CT molecular complexity index is 908. The second-order valence-electron chi connectivity index (χ2n) is 5.20. The highest BCUT2D eigenvalue weighted by atomic mass is 16.5. The van der Waals surface area contributed by atoms with Crippen LogP contribution in [0.5, 0.6) is 0 Å². The van der Waals surface area contributed by atoms with E-state index >= 15 is 0 Å². The molecule has 0 saturated carbocycles. The fourth-order valence-corrected chi connectivity index (χ4v) is 2.26. The van der Waals surface area contributed by atoms with Crippen LogP contribution < -0.4 is 0 Å². The maximum Gasteiger partial charge on any atom is 0.210 e. The monoisotopic (exact) mass is 319 g/mol. The minimum absolute atomic E-state index is 0.0231. The summed E-state index contributed by atoms with van der Waals surface area (Å²) in [6, 6.07) is 9.14. The number of aliphatic hydroxyl groups excluding tert-OH is 1. The molecule has 3 aromatic rings. The van der Waals surface area contributed by atoms with E-state index in [0.717, 1.165) is 23.4 Å². The van der Waals surface area contributed by atoms with E-state index in [4.69, 9.17) is 9.63 Å². The van der Waals surface area contributed by atoms with Crippen molar-refractivity contribution in [1.82, 2.24) is 14.7 Å². The summed E-state index contributed by atoms with van der Waals surface area (Å²) >= 11 is 0. The van der Waals surface area contributed by atoms with Gasteiger partial charge in [-0.05, 0) is 23.6 Å². The van der Waals surface area contributed by atoms with E-state index in [1.54, 1.807) is 12.3 Å². The third-order valence-corrected chi connectivity index (χ3v) is 3.60. The largest absolute Gasteiger partial charge is 0.392 e. The van der Waals surface area contributed by atoms with Crippen LogP contribution in [0.1, 0.15) is 35.3 Å². The first kappa shape index (κ1) is 15.8. The third-order valence-electron chi connectivity index (χ3n) is 3.60. The standard InChI is InChI=1S/C19H17N3O2/c1-3-19-20-10-11-22(19)14(2)18-12-17(24-21-18)9-8-15-4-6-16(13-23)7-5-15/h4-7,10-12,23H,2-3,13H2,1H3. The molecule has 0 atom stereocenters. The number of aliphatic hydroxyl groups is 1. The van der Waals surface area contributed by atoms with Gasteiger partial charge in [-0.25, -0.2) is 4.98 Å². The second kappa shape index (κ2) is 6.99. The van der Waals surface area contributed by atoms with E-state index in [1.807, 2.05) is 42.0 Å². The minimum atomic E-state index is 0.0231. The summed E-state index contributed by atoms with van der Waals surface area (Å²) in [6.45, 7) is 6.11. The molecule has 0 aliphatic carbocycles. The molecule has 0 bridgehead atoms. The fraction of sp³-hybridized carbons (Fsp3) is 0.158. The van der Waals surface area contributed by atoms with E-state index in [-0.39, 0.29) is 6.61 Å². The first-order valence-electron chi connectivity index (χ1n) is 7.61. The van der Waals surface area contributed by atoms with Gasteiger partial charge in [0.05, 0.1) is 12.3 Å². The summed E-state index contributed by atoms with van der Waals surface area (Å²) in [7, 11) is 0. The first-order valence-corrected chi connectivity index (χ1v) is 7.61. The van der Waals surface area contributed by atoms with Crippen molar-refractivity contribution in [3.05, 3.63) is 77.7 Å². The number of rotatable bonds is 4. The van der Waals surface area contributed by atoms with Crippen molar-refractivity contribution in [3.8, 4) is 11.8 Å². The molecule has 0 fully saturated rings. The zero-order chi connectivity index (χ0) is 16.9. The zero-order valence-corrected chi connectivity index (χ0v) is 13.4. The van der Waals surface area contributed by atoms with Gasteiger partial charge < -0.3 is 14.2 Å². The Morgan fingerprint density at radius 3 is 2.79 bits per heavy atom. The van der Waals surface area contributed by atoms with Gasteiger partial charge in [0.2, 0.25) is 5.76 Å². The highest BCUT2D eigenvalue weighted by molar-refractivity contribution is 5.61. The number of imidazole rings is 1. The highest BCUT2D eigenvalue weighted by Gasteiger charge is 2.10. The molecule has 1 N–H and O–H groups in total. The average Bonchev–Trinajstić information content (AvgIpc) is 3.29. The Morgan fingerprint density at radius 2 is 2.08 bits per heavy atom. The SMILES string of the molecule is C=C(c1cc(C#Cc2ccc(CO)cc2)on1)n1ccnc1CC. The molecule has 3 rings (SSSR count). The van der Waals surface area contributed by atoms with E-state index in [2.05, 4.69) is 28.6 Å². The smallest absolute Gasteiger partial charge is 0.210 e. The summed E-state index contributed by atoms with van der Waals surface area (Å²) in [6.07, 6.45) is 4.39. The van der Waals surface area contributed by atoms with Gasteiger partial charge in [0.1, 0.15) is 11.5 Å². The van der Waals surface area contributed by atoms with Gasteiger partial charge in [-0.3, -0.25) is 0 Å². The molecule has 0 spiro atoms. The van der Waals surface area contributed by atoms with E-state index in [9.17, 15) is 0 Å². The molecule has 0 radical (unpaired) electrons. The van der Waals surface area contributed by atoms with Crippen LogP contribution in [0.15, 0.2) is 53.8 Å². The normalized spacial score (nSPS) is 10.2. The summed E-state index contributed by atoms with van der Waals surface area (Å²) in [5, 5.41) is 13.1. The molecule has 0 amide bonds. The molecular formula is C19H17N3O2. The van der Waals surface area contributed by atoms with Crippen molar-refractivity contribution in [2.75, 3.05) is 0 Å². The molecule has 2 heterocycles. The molecule has 0 aliphatic rings. The Hall–Kier alpha value is -3.10. The molecule has 120 valence electrons. The topological polar surface area (TPSA) is 64.1 Å². The maximum absolute atomic E-state index is 9.03. The van der Waals surface area contributed by atoms with Gasteiger partial charge in [-0.1, -0.05) is 36.7 Å². The number of aromatic nitrogens is 3. The Labute approximate surface area is 140 Å². The predicted molar refractivity (Wildman–Crippen MR) is 90.9 cm³/mol. The van der Waals surface area contributed by atoms with Crippen LogP contribution in [0.25, 0.3) is 5.70 Å². The van der Waals surface area contributed by atoms with Gasteiger partial charge in [0, 0.05) is 30.4 Å². The molecular weight excluding hydrogens is 302 g/mol. The lowest BCUT2D eigenvalue weighted by Crippen LogP contribution is -2.01. The van der Waals surface area contributed by atoms with Crippen molar-refractivity contribution in [2.45, 2.75) is 20.0 Å². The number of nitrogens with zero attached hydrogens (tertiary/aromatic N) is 3. The number of aryl methyl sites for hydroxylation is 1.